The van der Waals surface area contributed by atoms with Crippen molar-refractivity contribution in [1.82, 2.24) is 4.98 Å². The van der Waals surface area contributed by atoms with E-state index in [0.717, 1.165) is 6.29 Å². The van der Waals surface area contributed by atoms with Crippen LogP contribution >= 0.6 is 12.4 Å². The predicted molar refractivity (Wildman–Crippen MR) is 63.4 cm³/mol. The molecule has 3 nitrogen and oxygen atoms in total. The minimum Gasteiger partial charge on any atom is -0.439 e. The molecule has 2 aromatic rings. The minimum atomic E-state index is 0. The Balaban J connectivity index is 0.00000128. The van der Waals surface area contributed by atoms with Crippen LogP contribution in [0.4, 0.5) is 0 Å². The van der Waals surface area contributed by atoms with Crippen LogP contribution in [0.25, 0.3) is 0 Å². The minimum absolute atomic E-state index is 0. The standard InChI is InChI=1S/C12H9NO2.ClH/c14-9-10-4-6-11(7-5-10)15-12-3-1-2-8-13-12;/h1-9H;1H. The van der Waals surface area contributed by atoms with Crippen LogP contribution < -0.4 is 4.74 Å². The van der Waals surface area contributed by atoms with Gasteiger partial charge in [0.15, 0.2) is 0 Å². The summed E-state index contributed by atoms with van der Waals surface area (Å²) in [5.74, 6) is 1.20. The Labute approximate surface area is 99.5 Å². The van der Waals surface area contributed by atoms with Gasteiger partial charge < -0.3 is 4.74 Å². The molecule has 0 radical (unpaired) electrons. The quantitative estimate of drug-likeness (QED) is 0.768. The van der Waals surface area contributed by atoms with Gasteiger partial charge in [-0.05, 0) is 30.3 Å². The normalized spacial score (nSPS) is 9.00. The van der Waals surface area contributed by atoms with E-state index in [9.17, 15) is 4.79 Å². The van der Waals surface area contributed by atoms with Gasteiger partial charge in [-0.2, -0.15) is 0 Å². The van der Waals surface area contributed by atoms with Crippen LogP contribution in [0.5, 0.6) is 11.6 Å². The van der Waals surface area contributed by atoms with Crippen LogP contribution in [0.15, 0.2) is 48.7 Å². The molecule has 0 saturated heterocycles. The van der Waals surface area contributed by atoms with E-state index < -0.39 is 0 Å². The van der Waals surface area contributed by atoms with E-state index in [1.54, 1.807) is 36.5 Å². The number of benzene rings is 1. The average molecular weight is 236 g/mol. The Morgan fingerprint density at radius 1 is 1.06 bits per heavy atom. The molecule has 2 rings (SSSR count). The van der Waals surface area contributed by atoms with Gasteiger partial charge in [0, 0.05) is 17.8 Å². The van der Waals surface area contributed by atoms with Gasteiger partial charge in [0.1, 0.15) is 12.0 Å². The first-order valence-electron chi connectivity index (χ1n) is 4.52. The Morgan fingerprint density at radius 2 is 1.81 bits per heavy atom. The highest BCUT2D eigenvalue weighted by atomic mass is 35.5. The van der Waals surface area contributed by atoms with E-state index in [0.29, 0.717) is 17.2 Å². The summed E-state index contributed by atoms with van der Waals surface area (Å²) in [7, 11) is 0. The third-order valence-electron chi connectivity index (χ3n) is 1.88. The van der Waals surface area contributed by atoms with Crippen molar-refractivity contribution in [3.63, 3.8) is 0 Å². The van der Waals surface area contributed by atoms with Crippen LogP contribution in [0.1, 0.15) is 10.4 Å². The molecule has 4 heteroatoms. The van der Waals surface area contributed by atoms with Crippen LogP contribution in [0.3, 0.4) is 0 Å². The Bertz CT molecular complexity index is 442. The molecular formula is C12H10ClNO2. The summed E-state index contributed by atoms with van der Waals surface area (Å²) >= 11 is 0. The number of carbonyl (C=O) groups excluding carboxylic acids is 1. The lowest BCUT2D eigenvalue weighted by molar-refractivity contribution is 0.112. The maximum atomic E-state index is 10.4. The molecule has 0 atom stereocenters. The highest BCUT2D eigenvalue weighted by Gasteiger charge is 1.96. The average Bonchev–Trinajstić information content (AvgIpc) is 2.31. The van der Waals surface area contributed by atoms with Gasteiger partial charge in [-0.3, -0.25) is 4.79 Å². The highest BCUT2D eigenvalue weighted by molar-refractivity contribution is 5.85. The van der Waals surface area contributed by atoms with Gasteiger partial charge in [-0.25, -0.2) is 4.98 Å². The third-order valence-corrected chi connectivity index (χ3v) is 1.88. The number of halogens is 1. The van der Waals surface area contributed by atoms with Crippen molar-refractivity contribution in [3.8, 4) is 11.6 Å². The lowest BCUT2D eigenvalue weighted by Crippen LogP contribution is -1.87. The predicted octanol–water partition coefficient (Wildman–Crippen LogP) is 3.11. The van der Waals surface area contributed by atoms with Crippen LogP contribution in [0.2, 0.25) is 0 Å². The number of carbonyl (C=O) groups is 1. The van der Waals surface area contributed by atoms with Crippen molar-refractivity contribution in [1.29, 1.82) is 0 Å². The Hall–Kier alpha value is -1.87. The number of rotatable bonds is 3. The molecule has 1 heterocycles. The molecule has 82 valence electrons. The smallest absolute Gasteiger partial charge is 0.219 e. The number of aldehydes is 1. The Kier molecular flexibility index (Phi) is 4.48. The van der Waals surface area contributed by atoms with E-state index in [1.165, 1.54) is 0 Å². The first-order valence-corrected chi connectivity index (χ1v) is 4.52. The van der Waals surface area contributed by atoms with E-state index in [2.05, 4.69) is 4.98 Å². The second-order valence-corrected chi connectivity index (χ2v) is 2.96. The molecule has 1 aromatic carbocycles. The summed E-state index contributed by atoms with van der Waals surface area (Å²) < 4.78 is 5.45. The van der Waals surface area contributed by atoms with Gasteiger partial charge >= 0.3 is 0 Å². The van der Waals surface area contributed by atoms with Crippen molar-refractivity contribution in [2.75, 3.05) is 0 Å². The van der Waals surface area contributed by atoms with E-state index in [-0.39, 0.29) is 12.4 Å². The van der Waals surface area contributed by atoms with Gasteiger partial charge in [0.05, 0.1) is 0 Å². The molecule has 0 spiro atoms. The maximum absolute atomic E-state index is 10.4. The van der Waals surface area contributed by atoms with Crippen LogP contribution in [-0.4, -0.2) is 11.3 Å². The molecule has 16 heavy (non-hydrogen) atoms. The molecule has 0 amide bonds. The monoisotopic (exact) mass is 235 g/mol. The second kappa shape index (κ2) is 5.88. The Morgan fingerprint density at radius 3 is 2.38 bits per heavy atom. The van der Waals surface area contributed by atoms with Crippen LogP contribution in [-0.2, 0) is 0 Å². The summed E-state index contributed by atoms with van der Waals surface area (Å²) in [5, 5.41) is 0. The number of hydrogen-bond donors (Lipinski definition) is 0. The van der Waals surface area contributed by atoms with Crippen molar-refractivity contribution in [3.05, 3.63) is 54.2 Å². The van der Waals surface area contributed by atoms with E-state index >= 15 is 0 Å². The number of ether oxygens (including phenoxy) is 1. The zero-order valence-electron chi connectivity index (χ0n) is 8.37. The van der Waals surface area contributed by atoms with Gasteiger partial charge in [0.2, 0.25) is 5.88 Å². The van der Waals surface area contributed by atoms with Crippen molar-refractivity contribution < 1.29 is 9.53 Å². The maximum Gasteiger partial charge on any atom is 0.219 e. The third kappa shape index (κ3) is 3.07. The van der Waals surface area contributed by atoms with Gasteiger partial charge in [-0.15, -0.1) is 12.4 Å². The fraction of sp³-hybridized carbons (Fsp3) is 0. The molecule has 0 bridgehead atoms. The fourth-order valence-electron chi connectivity index (χ4n) is 1.14. The van der Waals surface area contributed by atoms with E-state index in [1.807, 2.05) is 12.1 Å². The summed E-state index contributed by atoms with van der Waals surface area (Å²) in [4.78, 5) is 14.4. The topological polar surface area (TPSA) is 39.2 Å². The van der Waals surface area contributed by atoms with Gasteiger partial charge in [0.25, 0.3) is 0 Å². The molecule has 0 aliphatic rings. The largest absolute Gasteiger partial charge is 0.439 e. The molecule has 0 aliphatic carbocycles. The fourth-order valence-corrected chi connectivity index (χ4v) is 1.14. The summed E-state index contributed by atoms with van der Waals surface area (Å²) in [6.07, 6.45) is 2.46. The molecule has 0 N–H and O–H groups in total. The van der Waals surface area contributed by atoms with Crippen molar-refractivity contribution in [2.45, 2.75) is 0 Å². The lowest BCUT2D eigenvalue weighted by atomic mass is 10.2. The van der Waals surface area contributed by atoms with Crippen LogP contribution in [0, 0.1) is 0 Å². The first-order chi connectivity index (χ1) is 7.38. The molecule has 0 unspecified atom stereocenters. The zero-order chi connectivity index (χ0) is 10.5. The molecule has 1 aromatic heterocycles. The van der Waals surface area contributed by atoms with Crippen molar-refractivity contribution in [2.24, 2.45) is 0 Å². The molecule has 0 aliphatic heterocycles. The summed E-state index contributed by atoms with van der Waals surface area (Å²) in [5.41, 5.74) is 0.628. The number of hydrogen-bond acceptors (Lipinski definition) is 3. The summed E-state index contributed by atoms with van der Waals surface area (Å²) in [6, 6.07) is 12.3. The molecular weight excluding hydrogens is 226 g/mol. The van der Waals surface area contributed by atoms with Crippen molar-refractivity contribution >= 4 is 18.7 Å². The number of pyridine rings is 1. The number of nitrogens with zero attached hydrogens (tertiary/aromatic N) is 1. The first kappa shape index (κ1) is 12.2. The molecule has 0 fully saturated rings. The molecule has 0 saturated carbocycles. The summed E-state index contributed by atoms with van der Waals surface area (Å²) in [6.45, 7) is 0. The number of aromatic nitrogens is 1. The van der Waals surface area contributed by atoms with E-state index in [4.69, 9.17) is 4.74 Å². The van der Waals surface area contributed by atoms with Gasteiger partial charge in [-0.1, -0.05) is 6.07 Å². The highest BCUT2D eigenvalue weighted by Crippen LogP contribution is 2.18. The second-order valence-electron chi connectivity index (χ2n) is 2.96. The zero-order valence-corrected chi connectivity index (χ0v) is 9.18. The lowest BCUT2D eigenvalue weighted by Gasteiger charge is -2.03. The SMILES string of the molecule is Cl.O=Cc1ccc(Oc2ccccn2)cc1.